The third kappa shape index (κ3) is 3.45. The van der Waals surface area contributed by atoms with Crippen molar-refractivity contribution >= 4 is 23.2 Å². The number of piperidine rings is 1. The van der Waals surface area contributed by atoms with Crippen LogP contribution in [0, 0.1) is 5.82 Å². The Labute approximate surface area is 130 Å². The van der Waals surface area contributed by atoms with Gasteiger partial charge >= 0.3 is 0 Å². The van der Waals surface area contributed by atoms with Crippen LogP contribution in [0.15, 0.2) is 12.1 Å². The first-order valence-electron chi connectivity index (χ1n) is 7.15. The standard InChI is InChI=1S/C15H21Cl2FN2/c1-3-20(11-5-4-6-19-9-11)10(2)12-7-15(18)14(17)8-13(12)16/h7-8,10-11,19H,3-6,9H2,1-2H3. The van der Waals surface area contributed by atoms with Crippen LogP contribution in [0.3, 0.4) is 0 Å². The molecule has 1 heterocycles. The molecule has 2 atom stereocenters. The van der Waals surface area contributed by atoms with Gasteiger partial charge in [-0.3, -0.25) is 4.90 Å². The van der Waals surface area contributed by atoms with Gasteiger partial charge in [0.25, 0.3) is 0 Å². The lowest BCUT2D eigenvalue weighted by Crippen LogP contribution is -2.46. The van der Waals surface area contributed by atoms with Crippen molar-refractivity contribution in [2.75, 3.05) is 19.6 Å². The molecule has 2 rings (SSSR count). The molecule has 1 N–H and O–H groups in total. The molecule has 20 heavy (non-hydrogen) atoms. The minimum Gasteiger partial charge on any atom is -0.315 e. The van der Waals surface area contributed by atoms with Crippen LogP contribution in [0.1, 0.15) is 38.3 Å². The number of benzene rings is 1. The molecule has 0 saturated carbocycles. The molecule has 1 aliphatic heterocycles. The summed E-state index contributed by atoms with van der Waals surface area (Å²) in [4.78, 5) is 2.38. The Morgan fingerprint density at radius 3 is 2.75 bits per heavy atom. The second-order valence-electron chi connectivity index (χ2n) is 5.29. The van der Waals surface area contributed by atoms with Gasteiger partial charge in [-0.05, 0) is 50.6 Å². The van der Waals surface area contributed by atoms with E-state index in [9.17, 15) is 4.39 Å². The number of nitrogens with one attached hydrogen (secondary N) is 1. The lowest BCUT2D eigenvalue weighted by Gasteiger charge is -2.38. The topological polar surface area (TPSA) is 15.3 Å². The van der Waals surface area contributed by atoms with Gasteiger partial charge in [-0.1, -0.05) is 30.1 Å². The predicted molar refractivity (Wildman–Crippen MR) is 83.1 cm³/mol. The Bertz CT molecular complexity index is 461. The highest BCUT2D eigenvalue weighted by Crippen LogP contribution is 2.33. The number of likely N-dealkylation sites (N-methyl/N-ethyl adjacent to an activating group) is 1. The largest absolute Gasteiger partial charge is 0.315 e. The van der Waals surface area contributed by atoms with E-state index in [1.165, 1.54) is 25.0 Å². The van der Waals surface area contributed by atoms with Crippen LogP contribution in [0.4, 0.5) is 4.39 Å². The van der Waals surface area contributed by atoms with Crippen LogP contribution in [-0.2, 0) is 0 Å². The van der Waals surface area contributed by atoms with Crippen molar-refractivity contribution in [3.8, 4) is 0 Å². The third-order valence-corrected chi connectivity index (χ3v) is 4.71. The summed E-state index contributed by atoms with van der Waals surface area (Å²) >= 11 is 12.0. The van der Waals surface area contributed by atoms with Gasteiger partial charge in [-0.25, -0.2) is 4.39 Å². The molecule has 0 amide bonds. The van der Waals surface area contributed by atoms with Gasteiger partial charge in [0.1, 0.15) is 5.82 Å². The fourth-order valence-electron chi connectivity index (χ4n) is 3.00. The smallest absolute Gasteiger partial charge is 0.142 e. The van der Waals surface area contributed by atoms with Crippen molar-refractivity contribution in [3.63, 3.8) is 0 Å². The van der Waals surface area contributed by atoms with Gasteiger partial charge in [0, 0.05) is 23.7 Å². The number of hydrogen-bond acceptors (Lipinski definition) is 2. The van der Waals surface area contributed by atoms with E-state index in [1.807, 2.05) is 0 Å². The third-order valence-electron chi connectivity index (χ3n) is 4.09. The first kappa shape index (κ1) is 16.0. The summed E-state index contributed by atoms with van der Waals surface area (Å²) in [6, 6.07) is 3.51. The highest BCUT2D eigenvalue weighted by molar-refractivity contribution is 6.35. The lowest BCUT2D eigenvalue weighted by molar-refractivity contribution is 0.128. The molecular weight excluding hydrogens is 298 g/mol. The van der Waals surface area contributed by atoms with E-state index >= 15 is 0 Å². The molecule has 1 aromatic carbocycles. The molecule has 5 heteroatoms. The Hall–Kier alpha value is -0.350. The monoisotopic (exact) mass is 318 g/mol. The van der Waals surface area contributed by atoms with Crippen LogP contribution in [0.2, 0.25) is 10.0 Å². The van der Waals surface area contributed by atoms with Gasteiger partial charge in [-0.2, -0.15) is 0 Å². The van der Waals surface area contributed by atoms with Crippen LogP contribution in [0.5, 0.6) is 0 Å². The quantitative estimate of drug-likeness (QED) is 0.834. The fraction of sp³-hybridized carbons (Fsp3) is 0.600. The average molecular weight is 319 g/mol. The lowest BCUT2D eigenvalue weighted by atomic mass is 10.00. The second kappa shape index (κ2) is 7.08. The minimum atomic E-state index is -0.407. The molecule has 1 aliphatic rings. The maximum Gasteiger partial charge on any atom is 0.142 e. The van der Waals surface area contributed by atoms with Crippen molar-refractivity contribution in [2.45, 2.75) is 38.8 Å². The van der Waals surface area contributed by atoms with Gasteiger partial charge in [0.2, 0.25) is 0 Å². The number of hydrogen-bond donors (Lipinski definition) is 1. The van der Waals surface area contributed by atoms with E-state index in [0.29, 0.717) is 11.1 Å². The normalized spacial score (nSPS) is 21.2. The molecule has 0 aromatic heterocycles. The molecule has 0 radical (unpaired) electrons. The summed E-state index contributed by atoms with van der Waals surface area (Å²) < 4.78 is 13.7. The summed E-state index contributed by atoms with van der Waals surface area (Å²) in [6.07, 6.45) is 2.34. The van der Waals surface area contributed by atoms with Crippen LogP contribution in [-0.4, -0.2) is 30.6 Å². The van der Waals surface area contributed by atoms with Crippen molar-refractivity contribution in [1.29, 1.82) is 0 Å². The van der Waals surface area contributed by atoms with Crippen molar-refractivity contribution in [2.24, 2.45) is 0 Å². The average Bonchev–Trinajstić information content (AvgIpc) is 2.44. The summed E-state index contributed by atoms with van der Waals surface area (Å²) in [5.74, 6) is -0.407. The molecule has 1 aromatic rings. The molecule has 2 unspecified atom stereocenters. The molecular formula is C15H21Cl2FN2. The molecule has 2 nitrogen and oxygen atoms in total. The van der Waals surface area contributed by atoms with Gasteiger partial charge in [-0.15, -0.1) is 0 Å². The first-order chi connectivity index (χ1) is 9.54. The first-order valence-corrected chi connectivity index (χ1v) is 7.91. The number of nitrogens with zero attached hydrogens (tertiary/aromatic N) is 1. The maximum absolute atomic E-state index is 13.7. The predicted octanol–water partition coefficient (Wildman–Crippen LogP) is 4.27. The molecule has 0 bridgehead atoms. The molecule has 112 valence electrons. The minimum absolute atomic E-state index is 0.0733. The molecule has 0 aliphatic carbocycles. The summed E-state index contributed by atoms with van der Waals surface area (Å²) in [7, 11) is 0. The maximum atomic E-state index is 13.7. The van der Waals surface area contributed by atoms with E-state index in [1.54, 1.807) is 0 Å². The van der Waals surface area contributed by atoms with Crippen molar-refractivity contribution in [1.82, 2.24) is 10.2 Å². The number of halogens is 3. The Balaban J connectivity index is 2.23. The Morgan fingerprint density at radius 2 is 2.15 bits per heavy atom. The summed E-state index contributed by atoms with van der Waals surface area (Å²) in [5, 5.41) is 4.03. The summed E-state index contributed by atoms with van der Waals surface area (Å²) in [5.41, 5.74) is 0.806. The molecule has 1 saturated heterocycles. The van der Waals surface area contributed by atoms with E-state index in [-0.39, 0.29) is 11.1 Å². The highest BCUT2D eigenvalue weighted by Gasteiger charge is 2.26. The second-order valence-corrected chi connectivity index (χ2v) is 6.11. The highest BCUT2D eigenvalue weighted by atomic mass is 35.5. The van der Waals surface area contributed by atoms with E-state index in [4.69, 9.17) is 23.2 Å². The van der Waals surface area contributed by atoms with E-state index in [0.717, 1.165) is 25.2 Å². The van der Waals surface area contributed by atoms with Crippen LogP contribution < -0.4 is 5.32 Å². The van der Waals surface area contributed by atoms with Gasteiger partial charge < -0.3 is 5.32 Å². The zero-order valence-corrected chi connectivity index (χ0v) is 13.4. The zero-order chi connectivity index (χ0) is 14.7. The summed E-state index contributed by atoms with van der Waals surface area (Å²) in [6.45, 7) is 7.18. The number of rotatable bonds is 4. The van der Waals surface area contributed by atoms with E-state index in [2.05, 4.69) is 24.1 Å². The molecule has 0 spiro atoms. The van der Waals surface area contributed by atoms with Gasteiger partial charge in [0.05, 0.1) is 5.02 Å². The fourth-order valence-corrected chi connectivity index (χ4v) is 3.54. The van der Waals surface area contributed by atoms with E-state index < -0.39 is 5.82 Å². The molecule has 1 fully saturated rings. The van der Waals surface area contributed by atoms with Gasteiger partial charge in [0.15, 0.2) is 0 Å². The van der Waals surface area contributed by atoms with Crippen molar-refractivity contribution < 1.29 is 4.39 Å². The van der Waals surface area contributed by atoms with Crippen molar-refractivity contribution in [3.05, 3.63) is 33.6 Å². The van der Waals surface area contributed by atoms with Crippen LogP contribution in [0.25, 0.3) is 0 Å². The zero-order valence-electron chi connectivity index (χ0n) is 11.9. The Kier molecular flexibility index (Phi) is 5.67. The van der Waals surface area contributed by atoms with Crippen LogP contribution >= 0.6 is 23.2 Å². The SMILES string of the molecule is CCN(C1CCCNC1)C(C)c1cc(F)c(Cl)cc1Cl. The Morgan fingerprint density at radius 1 is 1.40 bits per heavy atom.